The molecule has 0 saturated carbocycles. The van der Waals surface area contributed by atoms with Gasteiger partial charge in [0, 0.05) is 49.6 Å². The molecule has 0 aliphatic carbocycles. The summed E-state index contributed by atoms with van der Waals surface area (Å²) in [7, 11) is 1.59. The van der Waals surface area contributed by atoms with Crippen LogP contribution >= 0.6 is 11.6 Å². The molecule has 1 aromatic heterocycles. The van der Waals surface area contributed by atoms with Crippen molar-refractivity contribution in [2.45, 2.75) is 24.9 Å². The van der Waals surface area contributed by atoms with Crippen molar-refractivity contribution in [2.75, 3.05) is 45.2 Å². The van der Waals surface area contributed by atoms with Crippen molar-refractivity contribution in [2.24, 2.45) is 0 Å². The monoisotopic (exact) mass is 515 g/mol. The number of rotatable bonds is 8. The summed E-state index contributed by atoms with van der Waals surface area (Å²) < 4.78 is 30.6. The van der Waals surface area contributed by atoms with Gasteiger partial charge in [0.15, 0.2) is 11.5 Å². The van der Waals surface area contributed by atoms with E-state index < -0.39 is 5.82 Å². The van der Waals surface area contributed by atoms with Gasteiger partial charge in [0.05, 0.1) is 30.8 Å². The Kier molecular flexibility index (Phi) is 6.97. The summed E-state index contributed by atoms with van der Waals surface area (Å²) in [5.74, 6) is 1.21. The van der Waals surface area contributed by atoms with Gasteiger partial charge in [-0.25, -0.2) is 19.2 Å². The van der Waals surface area contributed by atoms with Gasteiger partial charge in [-0.05, 0) is 30.7 Å². The Morgan fingerprint density at radius 2 is 2.06 bits per heavy atom. The third-order valence-corrected chi connectivity index (χ3v) is 6.90. The molecule has 1 spiro atoms. The first-order chi connectivity index (χ1) is 17.4. The zero-order valence-electron chi connectivity index (χ0n) is 19.9. The fourth-order valence-corrected chi connectivity index (χ4v) is 4.76. The number of ether oxygens (including phenoxy) is 3. The number of likely N-dealkylation sites (tertiary alicyclic amines) is 1. The fourth-order valence-electron chi connectivity index (χ4n) is 4.58. The van der Waals surface area contributed by atoms with Crippen LogP contribution < -0.4 is 20.1 Å². The number of halogens is 2. The summed E-state index contributed by atoms with van der Waals surface area (Å²) in [4.78, 5) is 22.5. The van der Waals surface area contributed by atoms with Crippen LogP contribution in [-0.4, -0.2) is 66.5 Å². The van der Waals surface area contributed by atoms with Crippen molar-refractivity contribution in [1.82, 2.24) is 20.2 Å². The number of benzene rings is 2. The molecule has 1 amide bonds. The molecule has 36 heavy (non-hydrogen) atoms. The van der Waals surface area contributed by atoms with Gasteiger partial charge in [0.1, 0.15) is 23.6 Å². The topological polar surface area (TPSA) is 97.8 Å². The third kappa shape index (κ3) is 5.24. The van der Waals surface area contributed by atoms with E-state index in [0.717, 1.165) is 44.3 Å². The molecule has 0 unspecified atom stereocenters. The van der Waals surface area contributed by atoms with Crippen molar-refractivity contribution in [3.8, 4) is 11.5 Å². The zero-order valence-corrected chi connectivity index (χ0v) is 20.6. The van der Waals surface area contributed by atoms with E-state index in [1.807, 2.05) is 6.07 Å². The predicted molar refractivity (Wildman–Crippen MR) is 134 cm³/mol. The second-order valence-corrected chi connectivity index (χ2v) is 9.37. The first kappa shape index (κ1) is 24.3. The molecular formula is C25H27ClFN5O4. The Morgan fingerprint density at radius 3 is 2.78 bits per heavy atom. The number of anilines is 2. The second-order valence-electron chi connectivity index (χ2n) is 8.97. The van der Waals surface area contributed by atoms with Crippen molar-refractivity contribution in [3.63, 3.8) is 0 Å². The first-order valence-corrected chi connectivity index (χ1v) is 12.2. The van der Waals surface area contributed by atoms with E-state index in [4.69, 9.17) is 25.8 Å². The van der Waals surface area contributed by atoms with Crippen LogP contribution in [0.1, 0.15) is 19.3 Å². The maximum Gasteiger partial charge on any atom is 0.407 e. The Bertz CT molecular complexity index is 1270. The Morgan fingerprint density at radius 1 is 1.22 bits per heavy atom. The highest BCUT2D eigenvalue weighted by molar-refractivity contribution is 6.31. The summed E-state index contributed by atoms with van der Waals surface area (Å²) >= 11 is 5.92. The zero-order chi connectivity index (χ0) is 25.1. The number of alkyl carbamates (subject to hydrolysis) is 1. The summed E-state index contributed by atoms with van der Waals surface area (Å²) in [6, 6.07) is 8.03. The van der Waals surface area contributed by atoms with Gasteiger partial charge in [-0.1, -0.05) is 11.6 Å². The van der Waals surface area contributed by atoms with Crippen LogP contribution in [0.4, 0.5) is 20.7 Å². The van der Waals surface area contributed by atoms with Gasteiger partial charge in [-0.15, -0.1) is 0 Å². The lowest BCUT2D eigenvalue weighted by molar-refractivity contribution is 0.000130. The van der Waals surface area contributed by atoms with Crippen molar-refractivity contribution in [3.05, 3.63) is 47.5 Å². The van der Waals surface area contributed by atoms with E-state index in [1.165, 1.54) is 18.5 Å². The number of nitrogens with one attached hydrogen (secondary N) is 2. The molecule has 0 bridgehead atoms. The minimum Gasteiger partial charge on any atom is -0.493 e. The maximum atomic E-state index is 13.5. The molecule has 2 N–H and O–H groups in total. The Hall–Kier alpha value is -3.37. The van der Waals surface area contributed by atoms with Crippen LogP contribution in [-0.2, 0) is 4.74 Å². The number of nitrogens with zero attached hydrogens (tertiary/aromatic N) is 3. The molecule has 2 fully saturated rings. The summed E-state index contributed by atoms with van der Waals surface area (Å²) in [5, 5.41) is 6.69. The number of carbonyl (C=O) groups excluding carboxylic acids is 1. The van der Waals surface area contributed by atoms with Gasteiger partial charge in [-0.2, -0.15) is 0 Å². The minimum atomic E-state index is -0.488. The standard InChI is InChI=1S/C25H27ClFN5O4/c1-34-21-13-20-17(23(30-15-29-20)31-16-3-4-19(27)18(26)11-16)12-22(21)35-10-2-7-32-8-5-25(6-9-32)14-28-24(33)36-25/h3-4,11-13,15H,2,5-10,14H2,1H3,(H,28,33)(H,29,30,31). The quantitative estimate of drug-likeness (QED) is 0.423. The van der Waals surface area contributed by atoms with E-state index >= 15 is 0 Å². The molecule has 5 rings (SSSR count). The number of hydrogen-bond acceptors (Lipinski definition) is 8. The molecule has 2 aromatic carbocycles. The molecule has 0 radical (unpaired) electrons. The van der Waals surface area contributed by atoms with Crippen LogP contribution in [0, 0.1) is 5.82 Å². The van der Waals surface area contributed by atoms with Gasteiger partial charge in [0.25, 0.3) is 0 Å². The van der Waals surface area contributed by atoms with Crippen LogP contribution in [0.25, 0.3) is 10.9 Å². The number of carbonyl (C=O) groups is 1. The van der Waals surface area contributed by atoms with Crippen molar-refractivity contribution < 1.29 is 23.4 Å². The molecule has 190 valence electrons. The lowest BCUT2D eigenvalue weighted by atomic mass is 9.91. The maximum absolute atomic E-state index is 13.5. The fraction of sp³-hybridized carbons (Fsp3) is 0.400. The predicted octanol–water partition coefficient (Wildman–Crippen LogP) is 4.52. The van der Waals surface area contributed by atoms with Gasteiger partial charge < -0.3 is 29.7 Å². The normalized spacial score (nSPS) is 17.1. The SMILES string of the molecule is COc1cc2ncnc(Nc3ccc(F)c(Cl)c3)c2cc1OCCCN1CCC2(CC1)CNC(=O)O2. The van der Waals surface area contributed by atoms with E-state index in [1.54, 1.807) is 19.2 Å². The molecule has 2 saturated heterocycles. The lowest BCUT2D eigenvalue weighted by Gasteiger charge is -2.37. The highest BCUT2D eigenvalue weighted by Crippen LogP contribution is 2.35. The van der Waals surface area contributed by atoms with Gasteiger partial charge in [-0.3, -0.25) is 0 Å². The smallest absolute Gasteiger partial charge is 0.407 e. The van der Waals surface area contributed by atoms with Crippen LogP contribution in [0.15, 0.2) is 36.7 Å². The minimum absolute atomic E-state index is 0.0221. The largest absolute Gasteiger partial charge is 0.493 e. The number of methoxy groups -OCH3 is 1. The molecular weight excluding hydrogens is 489 g/mol. The average molecular weight is 516 g/mol. The highest BCUT2D eigenvalue weighted by atomic mass is 35.5. The molecule has 11 heteroatoms. The molecule has 3 heterocycles. The number of aromatic nitrogens is 2. The Balaban J connectivity index is 1.22. The average Bonchev–Trinajstić information content (AvgIpc) is 3.24. The number of fused-ring (bicyclic) bond motifs is 1. The Labute approximate surface area is 212 Å². The van der Waals surface area contributed by atoms with E-state index in [-0.39, 0.29) is 16.7 Å². The second kappa shape index (κ2) is 10.3. The van der Waals surface area contributed by atoms with Crippen molar-refractivity contribution in [1.29, 1.82) is 0 Å². The van der Waals surface area contributed by atoms with Crippen LogP contribution in [0.3, 0.4) is 0 Å². The number of hydrogen-bond donors (Lipinski definition) is 2. The molecule has 2 aliphatic heterocycles. The molecule has 9 nitrogen and oxygen atoms in total. The van der Waals surface area contributed by atoms with Gasteiger partial charge in [0.2, 0.25) is 0 Å². The summed E-state index contributed by atoms with van der Waals surface area (Å²) in [6.45, 7) is 3.75. The van der Waals surface area contributed by atoms with Crippen LogP contribution in [0.2, 0.25) is 5.02 Å². The van der Waals surface area contributed by atoms with Crippen molar-refractivity contribution >= 4 is 40.1 Å². The van der Waals surface area contributed by atoms with E-state index in [9.17, 15) is 9.18 Å². The van der Waals surface area contributed by atoms with E-state index in [0.29, 0.717) is 41.7 Å². The summed E-state index contributed by atoms with van der Waals surface area (Å²) in [5.41, 5.74) is 0.940. The molecule has 3 aromatic rings. The number of piperidine rings is 1. The molecule has 2 aliphatic rings. The van der Waals surface area contributed by atoms with E-state index in [2.05, 4.69) is 25.5 Å². The highest BCUT2D eigenvalue weighted by Gasteiger charge is 2.42. The third-order valence-electron chi connectivity index (χ3n) is 6.61. The lowest BCUT2D eigenvalue weighted by Crippen LogP contribution is -2.46. The number of amides is 1. The molecule has 0 atom stereocenters. The van der Waals surface area contributed by atoms with Gasteiger partial charge >= 0.3 is 6.09 Å². The van der Waals surface area contributed by atoms with Crippen LogP contribution in [0.5, 0.6) is 11.5 Å². The summed E-state index contributed by atoms with van der Waals surface area (Å²) in [6.07, 6.45) is 3.63. The first-order valence-electron chi connectivity index (χ1n) is 11.8.